The summed E-state index contributed by atoms with van der Waals surface area (Å²) in [6.07, 6.45) is 0. The van der Waals surface area contributed by atoms with Crippen LogP contribution in [0.3, 0.4) is 0 Å². The van der Waals surface area contributed by atoms with Gasteiger partial charge < -0.3 is 14.4 Å². The summed E-state index contributed by atoms with van der Waals surface area (Å²) in [5.74, 6) is -0.289. The van der Waals surface area contributed by atoms with Crippen LogP contribution in [0, 0.1) is 5.92 Å². The number of ether oxygens (including phenoxy) is 2. The number of likely N-dealkylation sites (N-methyl/N-ethyl adjacent to an activating group) is 1. The number of Topliss-reactive ketones (excluding diaryl/α,β-unsaturated/α-hetero) is 1. The van der Waals surface area contributed by atoms with Crippen LogP contribution in [0.4, 0.5) is 0 Å². The number of carbonyl (C=O) groups excluding carboxylic acids is 2. The molecule has 23 heavy (non-hydrogen) atoms. The maximum Gasteiger partial charge on any atom is 0.231 e. The number of sulfone groups is 1. The number of benzene rings is 1. The van der Waals surface area contributed by atoms with Gasteiger partial charge in [-0.1, -0.05) is 0 Å². The Balaban J connectivity index is 1.70. The molecule has 0 saturated carbocycles. The minimum atomic E-state index is -3.08. The zero-order chi connectivity index (χ0) is 16.8. The van der Waals surface area contributed by atoms with Crippen LogP contribution in [0.25, 0.3) is 0 Å². The predicted octanol–water partition coefficient (Wildman–Crippen LogP) is 0.489. The Kier molecular flexibility index (Phi) is 3.79. The fraction of sp³-hybridized carbons (Fsp3) is 0.467. The van der Waals surface area contributed by atoms with E-state index in [2.05, 4.69) is 0 Å². The van der Waals surface area contributed by atoms with Gasteiger partial charge in [0.05, 0.1) is 23.5 Å². The monoisotopic (exact) mass is 339 g/mol. The fourth-order valence-corrected chi connectivity index (χ4v) is 4.07. The standard InChI is InChI=1S/C15H17NO6S/c1-9(16(2)15(18)11-6-23(19,20)7-11)14(17)10-3-4-12-13(5-10)22-8-21-12/h3-5,9,11H,6-8H2,1-2H3. The summed E-state index contributed by atoms with van der Waals surface area (Å²) in [6.45, 7) is 1.75. The van der Waals surface area contributed by atoms with Gasteiger partial charge in [0.1, 0.15) is 0 Å². The van der Waals surface area contributed by atoms with E-state index in [1.54, 1.807) is 25.1 Å². The van der Waals surface area contributed by atoms with Gasteiger partial charge in [0.2, 0.25) is 12.7 Å². The van der Waals surface area contributed by atoms with E-state index in [4.69, 9.17) is 9.47 Å². The van der Waals surface area contributed by atoms with Gasteiger partial charge in [0.15, 0.2) is 27.1 Å². The molecule has 0 bridgehead atoms. The first kappa shape index (κ1) is 15.8. The number of rotatable bonds is 4. The Bertz CT molecular complexity index is 760. The summed E-state index contributed by atoms with van der Waals surface area (Å²) in [6, 6.07) is 4.18. The van der Waals surface area contributed by atoms with Crippen LogP contribution in [-0.2, 0) is 14.6 Å². The molecule has 1 aromatic rings. The van der Waals surface area contributed by atoms with Crippen molar-refractivity contribution in [3.8, 4) is 11.5 Å². The van der Waals surface area contributed by atoms with Crippen LogP contribution in [0.1, 0.15) is 17.3 Å². The number of carbonyl (C=O) groups is 2. The van der Waals surface area contributed by atoms with Crippen LogP contribution in [0.2, 0.25) is 0 Å². The van der Waals surface area contributed by atoms with Crippen molar-refractivity contribution in [3.63, 3.8) is 0 Å². The lowest BCUT2D eigenvalue weighted by atomic mass is 10.0. The van der Waals surface area contributed by atoms with Crippen molar-refractivity contribution in [1.82, 2.24) is 4.90 Å². The summed E-state index contributed by atoms with van der Waals surface area (Å²) in [5.41, 5.74) is 0.419. The molecule has 0 aliphatic carbocycles. The van der Waals surface area contributed by atoms with Crippen LogP contribution in [0.15, 0.2) is 18.2 Å². The minimum Gasteiger partial charge on any atom is -0.454 e. The Morgan fingerprint density at radius 1 is 1.22 bits per heavy atom. The molecule has 7 nitrogen and oxygen atoms in total. The number of hydrogen-bond acceptors (Lipinski definition) is 6. The molecular weight excluding hydrogens is 322 g/mol. The Hall–Kier alpha value is -2.09. The van der Waals surface area contributed by atoms with Gasteiger partial charge in [0, 0.05) is 12.6 Å². The number of hydrogen-bond donors (Lipinski definition) is 0. The molecule has 0 aromatic heterocycles. The second kappa shape index (κ2) is 5.52. The number of fused-ring (bicyclic) bond motifs is 1. The molecule has 0 spiro atoms. The van der Waals surface area contributed by atoms with E-state index in [0.717, 1.165) is 0 Å². The first-order valence-electron chi connectivity index (χ1n) is 7.19. The largest absolute Gasteiger partial charge is 0.454 e. The van der Waals surface area contributed by atoms with E-state index in [1.165, 1.54) is 11.9 Å². The normalized spacial score (nSPS) is 19.7. The Labute approximate surface area is 134 Å². The third-order valence-electron chi connectivity index (χ3n) is 4.22. The molecule has 8 heteroatoms. The quantitative estimate of drug-likeness (QED) is 0.742. The van der Waals surface area contributed by atoms with Gasteiger partial charge in [-0.3, -0.25) is 9.59 Å². The van der Waals surface area contributed by atoms with Gasteiger partial charge in [-0.2, -0.15) is 0 Å². The summed E-state index contributed by atoms with van der Waals surface area (Å²) in [4.78, 5) is 26.1. The third-order valence-corrected chi connectivity index (χ3v) is 6.05. The first-order chi connectivity index (χ1) is 10.8. The average molecular weight is 339 g/mol. The van der Waals surface area contributed by atoms with Gasteiger partial charge in [-0.05, 0) is 25.1 Å². The molecule has 1 amide bonds. The molecule has 1 fully saturated rings. The van der Waals surface area contributed by atoms with E-state index in [1.807, 2.05) is 0 Å². The smallest absolute Gasteiger partial charge is 0.231 e. The highest BCUT2D eigenvalue weighted by Gasteiger charge is 2.41. The topological polar surface area (TPSA) is 90.0 Å². The molecule has 0 N–H and O–H groups in total. The second-order valence-electron chi connectivity index (χ2n) is 5.83. The molecule has 1 atom stereocenters. The summed E-state index contributed by atoms with van der Waals surface area (Å²) in [5, 5.41) is 0. The zero-order valence-electron chi connectivity index (χ0n) is 12.8. The van der Waals surface area contributed by atoms with Gasteiger partial charge in [-0.25, -0.2) is 8.42 Å². The Morgan fingerprint density at radius 3 is 2.52 bits per heavy atom. The van der Waals surface area contributed by atoms with Crippen molar-refractivity contribution in [2.24, 2.45) is 5.92 Å². The molecule has 3 rings (SSSR count). The van der Waals surface area contributed by atoms with E-state index in [-0.39, 0.29) is 30.0 Å². The Morgan fingerprint density at radius 2 is 1.87 bits per heavy atom. The lowest BCUT2D eigenvalue weighted by Crippen LogP contribution is -2.51. The zero-order valence-corrected chi connectivity index (χ0v) is 13.6. The lowest BCUT2D eigenvalue weighted by molar-refractivity contribution is -0.134. The second-order valence-corrected chi connectivity index (χ2v) is 7.99. The minimum absolute atomic E-state index is 0.122. The van der Waals surface area contributed by atoms with Crippen molar-refractivity contribution in [2.75, 3.05) is 25.3 Å². The first-order valence-corrected chi connectivity index (χ1v) is 9.01. The maximum absolute atomic E-state index is 12.5. The molecule has 0 radical (unpaired) electrons. The number of nitrogens with zero attached hydrogens (tertiary/aromatic N) is 1. The molecule has 1 aromatic carbocycles. The highest BCUT2D eigenvalue weighted by atomic mass is 32.2. The van der Waals surface area contributed by atoms with Crippen LogP contribution >= 0.6 is 0 Å². The molecule has 2 aliphatic rings. The highest BCUT2D eigenvalue weighted by molar-refractivity contribution is 7.92. The number of ketones is 1. The van der Waals surface area contributed by atoms with Gasteiger partial charge in [-0.15, -0.1) is 0 Å². The molecule has 124 valence electrons. The van der Waals surface area contributed by atoms with Crippen molar-refractivity contribution in [1.29, 1.82) is 0 Å². The number of amides is 1. The third kappa shape index (κ3) is 2.90. The van der Waals surface area contributed by atoms with Crippen molar-refractivity contribution < 1.29 is 27.5 Å². The van der Waals surface area contributed by atoms with Crippen molar-refractivity contribution >= 4 is 21.5 Å². The molecule has 2 aliphatic heterocycles. The molecule has 1 unspecified atom stereocenters. The summed E-state index contributed by atoms with van der Waals surface area (Å²) < 4.78 is 32.8. The predicted molar refractivity (Wildman–Crippen MR) is 81.3 cm³/mol. The highest BCUT2D eigenvalue weighted by Crippen LogP contribution is 2.33. The average Bonchev–Trinajstić information content (AvgIpc) is 2.97. The molecule has 2 heterocycles. The van der Waals surface area contributed by atoms with Crippen LogP contribution in [-0.4, -0.2) is 56.4 Å². The van der Waals surface area contributed by atoms with Gasteiger partial charge >= 0.3 is 0 Å². The molecule has 1 saturated heterocycles. The fourth-order valence-electron chi connectivity index (χ4n) is 2.65. The molecular formula is C15H17NO6S. The maximum atomic E-state index is 12.5. The van der Waals surface area contributed by atoms with E-state index in [0.29, 0.717) is 17.1 Å². The van der Waals surface area contributed by atoms with E-state index < -0.39 is 21.8 Å². The van der Waals surface area contributed by atoms with Crippen LogP contribution in [0.5, 0.6) is 11.5 Å². The summed E-state index contributed by atoms with van der Waals surface area (Å²) >= 11 is 0. The summed E-state index contributed by atoms with van der Waals surface area (Å²) in [7, 11) is -1.56. The van der Waals surface area contributed by atoms with Gasteiger partial charge in [0.25, 0.3) is 0 Å². The van der Waals surface area contributed by atoms with Crippen molar-refractivity contribution in [2.45, 2.75) is 13.0 Å². The lowest BCUT2D eigenvalue weighted by Gasteiger charge is -2.32. The van der Waals surface area contributed by atoms with Crippen molar-refractivity contribution in [3.05, 3.63) is 23.8 Å². The van der Waals surface area contributed by atoms with E-state index >= 15 is 0 Å². The SMILES string of the molecule is CC(C(=O)c1ccc2c(c1)OCO2)N(C)C(=O)C1CS(=O)(=O)C1. The van der Waals surface area contributed by atoms with E-state index in [9.17, 15) is 18.0 Å². The van der Waals surface area contributed by atoms with Crippen LogP contribution < -0.4 is 9.47 Å².